The molecule has 2 amide bonds. The maximum Gasteiger partial charge on any atom is 0.407 e. The third kappa shape index (κ3) is 4.37. The van der Waals surface area contributed by atoms with E-state index in [1.165, 1.54) is 4.90 Å². The van der Waals surface area contributed by atoms with Crippen molar-refractivity contribution in [2.45, 2.75) is 42.9 Å². The summed E-state index contributed by atoms with van der Waals surface area (Å²) in [5.74, 6) is -1.87. The molecule has 2 heterocycles. The smallest absolute Gasteiger partial charge is 0.407 e. The second kappa shape index (κ2) is 9.31. The zero-order valence-corrected chi connectivity index (χ0v) is 19.2. The first-order valence-corrected chi connectivity index (χ1v) is 11.8. The first-order chi connectivity index (χ1) is 16.9. The van der Waals surface area contributed by atoms with Gasteiger partial charge in [0.1, 0.15) is 6.61 Å². The number of hydrogen-bond donors (Lipinski definition) is 3. The topological polar surface area (TPSA) is 125 Å². The Balaban J connectivity index is 1.21. The van der Waals surface area contributed by atoms with Gasteiger partial charge in [0.2, 0.25) is 0 Å². The number of fused-ring (bicyclic) bond motifs is 3. The minimum Gasteiger partial charge on any atom is -0.479 e. The van der Waals surface area contributed by atoms with Crippen molar-refractivity contribution in [1.82, 2.24) is 10.2 Å². The molecule has 35 heavy (non-hydrogen) atoms. The maximum absolute atomic E-state index is 13.0. The predicted molar refractivity (Wildman–Crippen MR) is 125 cm³/mol. The largest absolute Gasteiger partial charge is 0.479 e. The van der Waals surface area contributed by atoms with Gasteiger partial charge in [-0.15, -0.1) is 0 Å². The average Bonchev–Trinajstić information content (AvgIpc) is 3.44. The molecule has 3 N–H and O–H groups in total. The number of nitrogens with zero attached hydrogens (tertiary/aromatic N) is 1. The molecule has 9 nitrogen and oxygen atoms in total. The van der Waals surface area contributed by atoms with E-state index in [2.05, 4.69) is 17.4 Å². The van der Waals surface area contributed by atoms with Crippen LogP contribution in [0.4, 0.5) is 4.79 Å². The van der Waals surface area contributed by atoms with Crippen LogP contribution in [-0.4, -0.2) is 77.1 Å². The van der Waals surface area contributed by atoms with Crippen LogP contribution in [0, 0.1) is 0 Å². The Morgan fingerprint density at radius 3 is 2.40 bits per heavy atom. The summed E-state index contributed by atoms with van der Waals surface area (Å²) in [4.78, 5) is 38.5. The van der Waals surface area contributed by atoms with Crippen LogP contribution in [0.25, 0.3) is 11.1 Å². The number of carbonyl (C=O) groups excluding carboxylic acids is 2. The highest BCUT2D eigenvalue weighted by molar-refractivity contribution is 5.85. The quantitative estimate of drug-likeness (QED) is 0.599. The standard InChI is InChI=1S/C26H28N2O7/c29-23(28-12-5-11-26(33,15-28)24(30)31)22-21(10-13-34-22)27-25(32)35-14-20-18-8-3-1-6-16(18)17-7-2-4-9-19(17)20/h1-4,6-9,20-22,33H,5,10-15H2,(H,27,32)(H,30,31)/t21-,22+,26?/m1/s1. The summed E-state index contributed by atoms with van der Waals surface area (Å²) >= 11 is 0. The van der Waals surface area contributed by atoms with Gasteiger partial charge in [-0.2, -0.15) is 0 Å². The summed E-state index contributed by atoms with van der Waals surface area (Å²) in [5, 5.41) is 22.4. The van der Waals surface area contributed by atoms with E-state index < -0.39 is 35.7 Å². The number of amides is 2. The van der Waals surface area contributed by atoms with Gasteiger partial charge in [0.15, 0.2) is 11.7 Å². The Labute approximate surface area is 202 Å². The fourth-order valence-corrected chi connectivity index (χ4v) is 5.35. The number of piperidine rings is 1. The number of carbonyl (C=O) groups is 3. The van der Waals surface area contributed by atoms with Crippen LogP contribution >= 0.6 is 0 Å². The maximum atomic E-state index is 13.0. The zero-order valence-electron chi connectivity index (χ0n) is 19.2. The molecule has 184 valence electrons. The molecule has 2 saturated heterocycles. The van der Waals surface area contributed by atoms with E-state index in [0.29, 0.717) is 19.4 Å². The number of hydrogen-bond acceptors (Lipinski definition) is 6. The minimum atomic E-state index is -1.97. The van der Waals surface area contributed by atoms with Crippen molar-refractivity contribution in [3.05, 3.63) is 59.7 Å². The number of ether oxygens (including phenoxy) is 2. The molecule has 0 bridgehead atoms. The van der Waals surface area contributed by atoms with Crippen molar-refractivity contribution in [2.24, 2.45) is 0 Å². The van der Waals surface area contributed by atoms with Gasteiger partial charge in [-0.1, -0.05) is 48.5 Å². The van der Waals surface area contributed by atoms with E-state index in [1.54, 1.807) is 0 Å². The highest BCUT2D eigenvalue weighted by Crippen LogP contribution is 2.44. The summed E-state index contributed by atoms with van der Waals surface area (Å²) in [6.07, 6.45) is -0.713. The Morgan fingerprint density at radius 2 is 1.74 bits per heavy atom. The molecule has 3 aliphatic rings. The van der Waals surface area contributed by atoms with Crippen molar-refractivity contribution in [1.29, 1.82) is 0 Å². The van der Waals surface area contributed by atoms with Crippen LogP contribution in [0.3, 0.4) is 0 Å². The molecule has 3 atom stereocenters. The van der Waals surface area contributed by atoms with Crippen molar-refractivity contribution in [3.8, 4) is 11.1 Å². The molecule has 2 aromatic rings. The van der Waals surface area contributed by atoms with Crippen LogP contribution in [0.15, 0.2) is 48.5 Å². The molecular weight excluding hydrogens is 452 g/mol. The summed E-state index contributed by atoms with van der Waals surface area (Å²) < 4.78 is 11.2. The highest BCUT2D eigenvalue weighted by Gasteiger charge is 2.45. The Morgan fingerprint density at radius 1 is 1.09 bits per heavy atom. The number of alkyl carbamates (subject to hydrolysis) is 1. The van der Waals surface area contributed by atoms with Crippen LogP contribution in [0.2, 0.25) is 0 Å². The predicted octanol–water partition coefficient (Wildman–Crippen LogP) is 2.12. The van der Waals surface area contributed by atoms with Crippen LogP contribution in [-0.2, 0) is 19.1 Å². The minimum absolute atomic E-state index is 0.0764. The van der Waals surface area contributed by atoms with Crippen molar-refractivity contribution in [3.63, 3.8) is 0 Å². The van der Waals surface area contributed by atoms with Gasteiger partial charge >= 0.3 is 12.1 Å². The van der Waals surface area contributed by atoms with Crippen LogP contribution < -0.4 is 5.32 Å². The number of likely N-dealkylation sites (tertiary alicyclic amines) is 1. The van der Waals surface area contributed by atoms with Crippen LogP contribution in [0.5, 0.6) is 0 Å². The molecule has 0 saturated carbocycles. The molecule has 2 aliphatic heterocycles. The number of aliphatic hydroxyl groups is 1. The first-order valence-electron chi connectivity index (χ1n) is 11.8. The van der Waals surface area contributed by atoms with Crippen LogP contribution in [0.1, 0.15) is 36.3 Å². The van der Waals surface area contributed by atoms with Gasteiger partial charge in [0.25, 0.3) is 5.91 Å². The number of benzene rings is 2. The summed E-state index contributed by atoms with van der Waals surface area (Å²) in [6, 6.07) is 15.5. The number of β-amino-alcohol motifs (C(OH)–C–C–N with tert-alkyl or cyclic N) is 1. The summed E-state index contributed by atoms with van der Waals surface area (Å²) in [5.41, 5.74) is 2.51. The lowest BCUT2D eigenvalue weighted by atomic mass is 9.92. The Hall–Kier alpha value is -3.43. The third-order valence-electron chi connectivity index (χ3n) is 7.16. The van der Waals surface area contributed by atoms with E-state index in [0.717, 1.165) is 22.3 Å². The first kappa shape index (κ1) is 23.3. The number of rotatable bonds is 5. The lowest BCUT2D eigenvalue weighted by Crippen LogP contribution is -2.58. The number of carboxylic acids is 1. The monoisotopic (exact) mass is 480 g/mol. The second-order valence-electron chi connectivity index (χ2n) is 9.36. The van der Waals surface area contributed by atoms with Crippen molar-refractivity contribution in [2.75, 3.05) is 26.3 Å². The summed E-state index contributed by atoms with van der Waals surface area (Å²) in [6.45, 7) is 0.455. The molecule has 2 aromatic carbocycles. The van der Waals surface area contributed by atoms with Gasteiger partial charge in [0, 0.05) is 19.1 Å². The molecule has 0 aromatic heterocycles. The van der Waals surface area contributed by atoms with Gasteiger partial charge in [0.05, 0.1) is 12.6 Å². The molecular formula is C26H28N2O7. The fraction of sp³-hybridized carbons (Fsp3) is 0.423. The molecule has 9 heteroatoms. The number of nitrogens with one attached hydrogen (secondary N) is 1. The lowest BCUT2D eigenvalue weighted by molar-refractivity contribution is -0.168. The zero-order chi connectivity index (χ0) is 24.6. The molecule has 2 fully saturated rings. The second-order valence-corrected chi connectivity index (χ2v) is 9.36. The summed E-state index contributed by atoms with van der Waals surface area (Å²) in [7, 11) is 0. The Kier molecular flexibility index (Phi) is 6.21. The van der Waals surface area contributed by atoms with Gasteiger partial charge < -0.3 is 29.9 Å². The van der Waals surface area contributed by atoms with E-state index in [4.69, 9.17) is 9.47 Å². The number of aliphatic carboxylic acids is 1. The van der Waals surface area contributed by atoms with E-state index in [9.17, 15) is 24.6 Å². The lowest BCUT2D eigenvalue weighted by Gasteiger charge is -2.37. The molecule has 0 radical (unpaired) electrons. The fourth-order valence-electron chi connectivity index (χ4n) is 5.35. The highest BCUT2D eigenvalue weighted by atomic mass is 16.6. The van der Waals surface area contributed by atoms with E-state index >= 15 is 0 Å². The SMILES string of the molecule is O=C(N[C@@H]1CCO[C@@H]1C(=O)N1CCCC(O)(C(=O)O)C1)OCC1c2ccccc2-c2ccccc21. The van der Waals surface area contributed by atoms with Crippen molar-refractivity contribution < 1.29 is 34.1 Å². The normalized spacial score (nSPS) is 25.6. The van der Waals surface area contributed by atoms with Gasteiger partial charge in [-0.3, -0.25) is 4.79 Å². The van der Waals surface area contributed by atoms with E-state index in [1.807, 2.05) is 36.4 Å². The molecule has 1 aliphatic carbocycles. The van der Waals surface area contributed by atoms with Gasteiger partial charge in [-0.05, 0) is 41.5 Å². The average molecular weight is 481 g/mol. The third-order valence-corrected chi connectivity index (χ3v) is 7.16. The molecule has 0 spiro atoms. The van der Waals surface area contributed by atoms with Gasteiger partial charge in [-0.25, -0.2) is 9.59 Å². The molecule has 1 unspecified atom stereocenters. The Bertz CT molecular complexity index is 1110. The molecule has 5 rings (SSSR count). The van der Waals surface area contributed by atoms with E-state index in [-0.39, 0.29) is 32.1 Å². The number of carboxylic acid groups (broad SMARTS) is 1. The van der Waals surface area contributed by atoms with Crippen molar-refractivity contribution >= 4 is 18.0 Å².